The molecule has 0 saturated carbocycles. The summed E-state index contributed by atoms with van der Waals surface area (Å²) in [5.74, 6) is 6.03. The van der Waals surface area contributed by atoms with Gasteiger partial charge in [-0.15, -0.1) is 0 Å². The van der Waals surface area contributed by atoms with Gasteiger partial charge >= 0.3 is 0 Å². The molecule has 0 aliphatic rings. The Morgan fingerprint density at radius 2 is 2.06 bits per heavy atom. The summed E-state index contributed by atoms with van der Waals surface area (Å²) in [6.45, 7) is 2.06. The van der Waals surface area contributed by atoms with Crippen molar-refractivity contribution in [2.75, 3.05) is 37.1 Å². The normalized spacial score (nSPS) is 11.6. The van der Waals surface area contributed by atoms with Crippen molar-refractivity contribution >= 4 is 21.8 Å². The molecule has 102 valence electrons. The van der Waals surface area contributed by atoms with Gasteiger partial charge in [-0.2, -0.15) is 4.98 Å². The van der Waals surface area contributed by atoms with E-state index in [0.29, 0.717) is 5.82 Å². The molecule has 0 bridgehead atoms. The number of aromatic nitrogens is 2. The fraction of sp³-hybridized carbons (Fsp3) is 0.556. The molecular weight excluding hydrogens is 256 g/mol. The number of nitrogen functional groups attached to an aromatic ring is 1. The first-order valence-corrected chi connectivity index (χ1v) is 6.92. The lowest BCUT2D eigenvalue weighted by atomic mass is 10.4. The highest BCUT2D eigenvalue weighted by atomic mass is 32.2. The molecule has 4 N–H and O–H groups in total. The molecule has 0 unspecified atom stereocenters. The van der Waals surface area contributed by atoms with Crippen molar-refractivity contribution in [3.05, 3.63) is 11.8 Å². The maximum Gasteiger partial charge on any atom is 0.239 e. The van der Waals surface area contributed by atoms with Gasteiger partial charge in [0.05, 0.1) is 5.75 Å². The summed E-state index contributed by atoms with van der Waals surface area (Å²) < 4.78 is 24.3. The summed E-state index contributed by atoms with van der Waals surface area (Å²) in [5.41, 5.74) is 3.08. The van der Waals surface area contributed by atoms with E-state index in [9.17, 15) is 8.42 Å². The van der Waals surface area contributed by atoms with E-state index >= 15 is 0 Å². The summed E-state index contributed by atoms with van der Waals surface area (Å²) in [6, 6.07) is 1.71. The molecule has 0 saturated heterocycles. The molecule has 0 amide bonds. The minimum Gasteiger partial charge on any atom is -0.369 e. The second kappa shape index (κ2) is 5.94. The average molecular weight is 274 g/mol. The van der Waals surface area contributed by atoms with Gasteiger partial charge < -0.3 is 5.32 Å². The Morgan fingerprint density at radius 1 is 1.39 bits per heavy atom. The third kappa shape index (κ3) is 4.09. The molecule has 9 heteroatoms. The van der Waals surface area contributed by atoms with Crippen molar-refractivity contribution in [2.24, 2.45) is 5.84 Å². The number of hydrogen-bond acceptors (Lipinski definition) is 7. The van der Waals surface area contributed by atoms with E-state index in [-0.39, 0.29) is 18.2 Å². The molecule has 1 rings (SSSR count). The second-order valence-electron chi connectivity index (χ2n) is 3.89. The molecule has 8 nitrogen and oxygen atoms in total. The summed E-state index contributed by atoms with van der Waals surface area (Å²) in [5, 5.41) is 2.92. The lowest BCUT2D eigenvalue weighted by Gasteiger charge is -2.12. The number of aryl methyl sites for hydroxylation is 1. The molecule has 0 atom stereocenters. The topological polar surface area (TPSA) is 113 Å². The van der Waals surface area contributed by atoms with Crippen molar-refractivity contribution in [3.8, 4) is 0 Å². The van der Waals surface area contributed by atoms with Gasteiger partial charge in [0.25, 0.3) is 0 Å². The molecule has 0 aliphatic heterocycles. The van der Waals surface area contributed by atoms with Crippen molar-refractivity contribution < 1.29 is 8.42 Å². The first kappa shape index (κ1) is 14.6. The Balaban J connectivity index is 2.62. The standard InChI is InChI=1S/C9H18N6O2S/c1-7-6-8(13-9(12-7)14-10)11-4-5-18(16,17)15(2)3/h6H,4-5,10H2,1-3H3,(H2,11,12,13,14). The molecule has 0 aliphatic carbocycles. The minimum atomic E-state index is -3.21. The van der Waals surface area contributed by atoms with Gasteiger partial charge in [0.15, 0.2) is 0 Å². The lowest BCUT2D eigenvalue weighted by molar-refractivity contribution is 0.521. The van der Waals surface area contributed by atoms with Gasteiger partial charge in [-0.1, -0.05) is 0 Å². The largest absolute Gasteiger partial charge is 0.369 e. The second-order valence-corrected chi connectivity index (χ2v) is 6.19. The van der Waals surface area contributed by atoms with Crippen LogP contribution in [0.15, 0.2) is 6.07 Å². The molecule has 0 spiro atoms. The van der Waals surface area contributed by atoms with Gasteiger partial charge in [-0.05, 0) is 6.92 Å². The van der Waals surface area contributed by atoms with E-state index in [4.69, 9.17) is 5.84 Å². The Bertz CT molecular complexity index is 502. The number of anilines is 2. The fourth-order valence-corrected chi connectivity index (χ4v) is 1.94. The van der Waals surface area contributed by atoms with E-state index in [1.165, 1.54) is 18.4 Å². The van der Waals surface area contributed by atoms with Gasteiger partial charge in [-0.25, -0.2) is 23.5 Å². The molecule has 1 aromatic heterocycles. The Hall–Kier alpha value is -1.45. The Kier molecular flexibility index (Phi) is 4.82. The van der Waals surface area contributed by atoms with Crippen LogP contribution in [0, 0.1) is 6.92 Å². The van der Waals surface area contributed by atoms with Crippen molar-refractivity contribution in [1.82, 2.24) is 14.3 Å². The molecular formula is C9H18N6O2S. The Morgan fingerprint density at radius 3 is 2.61 bits per heavy atom. The average Bonchev–Trinajstić information content (AvgIpc) is 2.27. The van der Waals surface area contributed by atoms with E-state index < -0.39 is 10.0 Å². The van der Waals surface area contributed by atoms with Crippen LogP contribution >= 0.6 is 0 Å². The SMILES string of the molecule is Cc1cc(NCCS(=O)(=O)N(C)C)nc(NN)n1. The van der Waals surface area contributed by atoms with Crippen LogP contribution in [0.5, 0.6) is 0 Å². The molecule has 1 heterocycles. The summed E-state index contributed by atoms with van der Waals surface area (Å²) >= 11 is 0. The number of rotatable bonds is 6. The van der Waals surface area contributed by atoms with Crippen LogP contribution in [-0.4, -0.2) is 49.1 Å². The van der Waals surface area contributed by atoms with Crippen LogP contribution in [0.4, 0.5) is 11.8 Å². The number of hydrogen-bond donors (Lipinski definition) is 3. The van der Waals surface area contributed by atoms with E-state index in [1.54, 1.807) is 13.0 Å². The van der Waals surface area contributed by atoms with Crippen LogP contribution in [0.2, 0.25) is 0 Å². The quantitative estimate of drug-likeness (QED) is 0.467. The van der Waals surface area contributed by atoms with Gasteiger partial charge in [0.1, 0.15) is 5.82 Å². The monoisotopic (exact) mass is 274 g/mol. The van der Waals surface area contributed by atoms with Gasteiger partial charge in [-0.3, -0.25) is 5.43 Å². The first-order chi connectivity index (χ1) is 8.35. The molecule has 0 fully saturated rings. The third-order valence-corrected chi connectivity index (χ3v) is 4.04. The predicted molar refractivity (Wildman–Crippen MR) is 70.5 cm³/mol. The highest BCUT2D eigenvalue weighted by Gasteiger charge is 2.12. The van der Waals surface area contributed by atoms with E-state index in [1.807, 2.05) is 0 Å². The summed E-state index contributed by atoms with van der Waals surface area (Å²) in [4.78, 5) is 8.07. The van der Waals surface area contributed by atoms with Crippen LogP contribution in [0.1, 0.15) is 5.69 Å². The number of nitrogens with two attached hydrogens (primary N) is 1. The minimum absolute atomic E-state index is 0.00552. The predicted octanol–water partition coefficient (Wildman–Crippen LogP) is -0.626. The lowest BCUT2D eigenvalue weighted by Crippen LogP contribution is -2.28. The number of sulfonamides is 1. The highest BCUT2D eigenvalue weighted by molar-refractivity contribution is 7.89. The number of nitrogens with zero attached hydrogens (tertiary/aromatic N) is 3. The van der Waals surface area contributed by atoms with E-state index in [2.05, 4.69) is 20.7 Å². The van der Waals surface area contributed by atoms with E-state index in [0.717, 1.165) is 5.69 Å². The number of nitrogens with one attached hydrogen (secondary N) is 2. The maximum atomic E-state index is 11.5. The molecule has 0 radical (unpaired) electrons. The zero-order chi connectivity index (χ0) is 13.8. The third-order valence-electron chi connectivity index (χ3n) is 2.21. The highest BCUT2D eigenvalue weighted by Crippen LogP contribution is 2.08. The molecule has 0 aromatic carbocycles. The first-order valence-electron chi connectivity index (χ1n) is 5.31. The number of hydrazine groups is 1. The van der Waals surface area contributed by atoms with Crippen LogP contribution < -0.4 is 16.6 Å². The van der Waals surface area contributed by atoms with Crippen molar-refractivity contribution in [2.45, 2.75) is 6.92 Å². The zero-order valence-corrected chi connectivity index (χ0v) is 11.5. The Labute approximate surface area is 107 Å². The summed E-state index contributed by atoms with van der Waals surface area (Å²) in [6.07, 6.45) is 0. The van der Waals surface area contributed by atoms with Crippen LogP contribution in [0.3, 0.4) is 0 Å². The van der Waals surface area contributed by atoms with Crippen LogP contribution in [-0.2, 0) is 10.0 Å². The van der Waals surface area contributed by atoms with Crippen molar-refractivity contribution in [3.63, 3.8) is 0 Å². The maximum absolute atomic E-state index is 11.5. The van der Waals surface area contributed by atoms with Crippen molar-refractivity contribution in [1.29, 1.82) is 0 Å². The van der Waals surface area contributed by atoms with Gasteiger partial charge in [0, 0.05) is 32.4 Å². The smallest absolute Gasteiger partial charge is 0.239 e. The summed E-state index contributed by atoms with van der Waals surface area (Å²) in [7, 11) is -0.206. The van der Waals surface area contributed by atoms with Crippen LogP contribution in [0.25, 0.3) is 0 Å². The fourth-order valence-electron chi connectivity index (χ4n) is 1.21. The van der Waals surface area contributed by atoms with Gasteiger partial charge in [0.2, 0.25) is 16.0 Å². The molecule has 1 aromatic rings. The zero-order valence-electron chi connectivity index (χ0n) is 10.6. The molecule has 18 heavy (non-hydrogen) atoms.